The molecule has 0 radical (unpaired) electrons. The van der Waals surface area contributed by atoms with Gasteiger partial charge in [0.15, 0.2) is 0 Å². The van der Waals surface area contributed by atoms with E-state index in [-0.39, 0.29) is 17.6 Å². The first-order valence-electron chi connectivity index (χ1n) is 5.29. The highest BCUT2D eigenvalue weighted by molar-refractivity contribution is 5.90. The van der Waals surface area contributed by atoms with Crippen LogP contribution in [-0.2, 0) is 4.79 Å². The number of nitro groups is 1. The number of nitro benzene ring substituents is 1. The van der Waals surface area contributed by atoms with Crippen LogP contribution in [0.15, 0.2) is 24.3 Å². The van der Waals surface area contributed by atoms with Gasteiger partial charge in [-0.3, -0.25) is 14.9 Å². The molecule has 1 aromatic rings. The molecular weight excluding hydrogens is 222 g/mol. The number of amides is 1. The van der Waals surface area contributed by atoms with Crippen LogP contribution in [0.5, 0.6) is 0 Å². The maximum atomic E-state index is 11.4. The van der Waals surface area contributed by atoms with E-state index in [2.05, 4.69) is 5.32 Å². The molecule has 0 aliphatic heterocycles. The lowest BCUT2D eigenvalue weighted by Gasteiger charge is -2.06. The van der Waals surface area contributed by atoms with Gasteiger partial charge in [0.1, 0.15) is 0 Å². The highest BCUT2D eigenvalue weighted by atomic mass is 16.6. The number of anilines is 1. The van der Waals surface area contributed by atoms with E-state index in [9.17, 15) is 14.9 Å². The first kappa shape index (κ1) is 13.1. The number of non-ortho nitro benzene ring substituents is 1. The molecule has 0 heterocycles. The second kappa shape index (κ2) is 5.95. The zero-order chi connectivity index (χ0) is 12.8. The van der Waals surface area contributed by atoms with Crippen LogP contribution >= 0.6 is 0 Å². The number of benzene rings is 1. The first-order valence-corrected chi connectivity index (χ1v) is 5.29. The average molecular weight is 237 g/mol. The Balaban J connectivity index is 2.51. The predicted octanol–water partition coefficient (Wildman–Crippen LogP) is 1.66. The molecule has 1 amide bonds. The van der Waals surface area contributed by atoms with E-state index in [1.165, 1.54) is 24.3 Å². The second-order valence-electron chi connectivity index (χ2n) is 3.87. The van der Waals surface area contributed by atoms with E-state index in [1.807, 2.05) is 6.92 Å². The van der Waals surface area contributed by atoms with Gasteiger partial charge in [0.05, 0.1) is 4.92 Å². The Morgan fingerprint density at radius 1 is 1.47 bits per heavy atom. The van der Waals surface area contributed by atoms with Crippen molar-refractivity contribution in [2.75, 3.05) is 5.32 Å². The monoisotopic (exact) mass is 237 g/mol. The summed E-state index contributed by atoms with van der Waals surface area (Å²) in [5, 5.41) is 13.1. The molecule has 0 saturated carbocycles. The first-order chi connectivity index (χ1) is 7.99. The summed E-state index contributed by atoms with van der Waals surface area (Å²) in [6.07, 6.45) is 0.952. The second-order valence-corrected chi connectivity index (χ2v) is 3.87. The molecule has 0 aliphatic carbocycles. The van der Waals surface area contributed by atoms with Gasteiger partial charge in [0.2, 0.25) is 5.91 Å². The van der Waals surface area contributed by atoms with E-state index in [0.717, 1.165) is 0 Å². The third-order valence-corrected chi connectivity index (χ3v) is 2.19. The van der Waals surface area contributed by atoms with Crippen LogP contribution in [0.4, 0.5) is 11.4 Å². The number of nitrogens with zero attached hydrogens (tertiary/aromatic N) is 1. The number of nitrogens with one attached hydrogen (secondary N) is 1. The zero-order valence-electron chi connectivity index (χ0n) is 9.55. The zero-order valence-corrected chi connectivity index (χ0v) is 9.55. The molecule has 92 valence electrons. The van der Waals surface area contributed by atoms with E-state index < -0.39 is 4.92 Å². The topological polar surface area (TPSA) is 98.3 Å². The number of rotatable bonds is 5. The average Bonchev–Trinajstić information content (AvgIpc) is 2.27. The molecule has 0 spiro atoms. The van der Waals surface area contributed by atoms with Crippen molar-refractivity contribution in [1.82, 2.24) is 0 Å². The molecule has 0 aromatic heterocycles. The van der Waals surface area contributed by atoms with E-state index in [4.69, 9.17) is 5.73 Å². The molecule has 0 bridgehead atoms. The number of carbonyl (C=O) groups excluding carboxylic acids is 1. The van der Waals surface area contributed by atoms with Crippen LogP contribution in [0, 0.1) is 10.1 Å². The summed E-state index contributed by atoms with van der Waals surface area (Å²) in [6, 6.07) is 5.68. The Kier molecular flexibility index (Phi) is 4.59. The molecular formula is C11H15N3O3. The third kappa shape index (κ3) is 4.60. The lowest BCUT2D eigenvalue weighted by Crippen LogP contribution is -2.19. The Morgan fingerprint density at radius 2 is 2.06 bits per heavy atom. The van der Waals surface area contributed by atoms with Crippen molar-refractivity contribution >= 4 is 17.3 Å². The van der Waals surface area contributed by atoms with Gasteiger partial charge in [-0.15, -0.1) is 0 Å². The molecule has 3 N–H and O–H groups in total. The van der Waals surface area contributed by atoms with Gasteiger partial charge in [0.25, 0.3) is 5.69 Å². The number of hydrogen-bond donors (Lipinski definition) is 2. The van der Waals surface area contributed by atoms with Gasteiger partial charge in [-0.2, -0.15) is 0 Å². The maximum absolute atomic E-state index is 11.4. The van der Waals surface area contributed by atoms with Crippen LogP contribution < -0.4 is 11.1 Å². The van der Waals surface area contributed by atoms with Crippen molar-refractivity contribution < 1.29 is 9.72 Å². The van der Waals surface area contributed by atoms with Crippen molar-refractivity contribution in [3.8, 4) is 0 Å². The lowest BCUT2D eigenvalue weighted by atomic mass is 10.2. The normalized spacial score (nSPS) is 11.9. The minimum Gasteiger partial charge on any atom is -0.328 e. The molecule has 0 saturated heterocycles. The van der Waals surface area contributed by atoms with Gasteiger partial charge in [-0.25, -0.2) is 0 Å². The van der Waals surface area contributed by atoms with Crippen molar-refractivity contribution in [1.29, 1.82) is 0 Å². The molecule has 17 heavy (non-hydrogen) atoms. The molecule has 0 fully saturated rings. The highest BCUT2D eigenvalue weighted by Crippen LogP contribution is 2.15. The fourth-order valence-electron chi connectivity index (χ4n) is 1.25. The van der Waals surface area contributed by atoms with Crippen LogP contribution in [0.3, 0.4) is 0 Å². The molecule has 1 atom stereocenters. The van der Waals surface area contributed by atoms with E-state index in [0.29, 0.717) is 18.5 Å². The summed E-state index contributed by atoms with van der Waals surface area (Å²) < 4.78 is 0. The quantitative estimate of drug-likeness (QED) is 0.601. The number of nitrogens with two attached hydrogens (primary N) is 1. The third-order valence-electron chi connectivity index (χ3n) is 2.19. The van der Waals surface area contributed by atoms with Crippen LogP contribution in [0.2, 0.25) is 0 Å². The summed E-state index contributed by atoms with van der Waals surface area (Å²) in [4.78, 5) is 21.4. The number of carbonyl (C=O) groups is 1. The van der Waals surface area contributed by atoms with Crippen molar-refractivity contribution in [2.45, 2.75) is 25.8 Å². The van der Waals surface area contributed by atoms with E-state index >= 15 is 0 Å². The molecule has 6 heteroatoms. The minimum atomic E-state index is -0.484. The van der Waals surface area contributed by atoms with E-state index in [1.54, 1.807) is 0 Å². The van der Waals surface area contributed by atoms with Crippen LogP contribution in [0.1, 0.15) is 19.8 Å². The van der Waals surface area contributed by atoms with Gasteiger partial charge in [-0.1, -0.05) is 0 Å². The summed E-state index contributed by atoms with van der Waals surface area (Å²) in [7, 11) is 0. The Bertz CT molecular complexity index is 401. The Hall–Kier alpha value is -1.95. The maximum Gasteiger partial charge on any atom is 0.269 e. The molecule has 1 unspecified atom stereocenters. The molecule has 0 aliphatic rings. The van der Waals surface area contributed by atoms with Crippen molar-refractivity contribution in [2.24, 2.45) is 5.73 Å². The fourth-order valence-corrected chi connectivity index (χ4v) is 1.25. The molecule has 1 rings (SSSR count). The van der Waals surface area contributed by atoms with Gasteiger partial charge < -0.3 is 11.1 Å². The fraction of sp³-hybridized carbons (Fsp3) is 0.364. The Morgan fingerprint density at radius 3 is 2.53 bits per heavy atom. The van der Waals surface area contributed by atoms with Crippen molar-refractivity contribution in [3.63, 3.8) is 0 Å². The summed E-state index contributed by atoms with van der Waals surface area (Å²) >= 11 is 0. The number of hydrogen-bond acceptors (Lipinski definition) is 4. The summed E-state index contributed by atoms with van der Waals surface area (Å²) in [6.45, 7) is 1.83. The summed E-state index contributed by atoms with van der Waals surface area (Å²) in [5.74, 6) is -0.142. The highest BCUT2D eigenvalue weighted by Gasteiger charge is 2.07. The van der Waals surface area contributed by atoms with Crippen LogP contribution in [-0.4, -0.2) is 16.9 Å². The molecule has 6 nitrogen and oxygen atoms in total. The minimum absolute atomic E-state index is 0.00132. The van der Waals surface area contributed by atoms with Gasteiger partial charge >= 0.3 is 0 Å². The van der Waals surface area contributed by atoms with Crippen LogP contribution in [0.25, 0.3) is 0 Å². The largest absolute Gasteiger partial charge is 0.328 e. The molecule has 1 aromatic carbocycles. The predicted molar refractivity (Wildman–Crippen MR) is 64.6 cm³/mol. The lowest BCUT2D eigenvalue weighted by molar-refractivity contribution is -0.384. The van der Waals surface area contributed by atoms with Gasteiger partial charge in [-0.05, 0) is 25.5 Å². The standard InChI is InChI=1S/C11H15N3O3/c1-8(12)2-7-11(15)13-9-3-5-10(6-4-9)14(16)17/h3-6,8H,2,7,12H2,1H3,(H,13,15). The Labute approximate surface area is 99.0 Å². The SMILES string of the molecule is CC(N)CCC(=O)Nc1ccc([N+](=O)[O-])cc1. The van der Waals surface area contributed by atoms with Crippen molar-refractivity contribution in [3.05, 3.63) is 34.4 Å². The smallest absolute Gasteiger partial charge is 0.269 e. The summed E-state index contributed by atoms with van der Waals surface area (Å²) in [5.41, 5.74) is 6.08. The van der Waals surface area contributed by atoms with Gasteiger partial charge in [0, 0.05) is 30.3 Å².